The molecule has 0 bridgehead atoms. The minimum absolute atomic E-state index is 0.298. The van der Waals surface area contributed by atoms with Crippen molar-refractivity contribution in [2.24, 2.45) is 0 Å². The summed E-state index contributed by atoms with van der Waals surface area (Å²) >= 11 is 0. The fourth-order valence-electron chi connectivity index (χ4n) is 4.76. The number of aliphatic hydroxyl groups is 1. The molecule has 1 aromatic carbocycles. The summed E-state index contributed by atoms with van der Waals surface area (Å²) in [5, 5.41) is 12.1. The van der Waals surface area contributed by atoms with Gasteiger partial charge in [-0.15, -0.1) is 0 Å². The number of rotatable bonds is 9. The van der Waals surface area contributed by atoms with Crippen LogP contribution < -0.4 is 9.64 Å². The summed E-state index contributed by atoms with van der Waals surface area (Å²) in [6.45, 7) is 12.5. The fourth-order valence-corrected chi connectivity index (χ4v) is 4.76. The lowest BCUT2D eigenvalue weighted by Crippen LogP contribution is -2.38. The number of ether oxygens (including phenoxy) is 3. The second-order valence-electron chi connectivity index (χ2n) is 11.5. The Labute approximate surface area is 246 Å². The number of aliphatic hydroxyl groups excluding tert-OH is 1. The number of nitrogens with one attached hydrogen (secondary N) is 1. The molecular formula is C32H39N5O5. The highest BCUT2D eigenvalue weighted by molar-refractivity contribution is 5.86. The Hall–Kier alpha value is -3.99. The third-order valence-corrected chi connectivity index (χ3v) is 7.05. The van der Waals surface area contributed by atoms with E-state index in [-0.39, 0.29) is 0 Å². The van der Waals surface area contributed by atoms with Gasteiger partial charge in [0, 0.05) is 48.5 Å². The number of H-pyrrole nitrogens is 1. The monoisotopic (exact) mass is 573 g/mol. The first-order chi connectivity index (χ1) is 20.2. The molecule has 5 rings (SSSR count). The first kappa shape index (κ1) is 29.5. The standard InChI is InChI=1S/C32H39N5O5/c1-22-5-7-23(8-6-22)21-37(31(39)42-32(2,3)4)28-10-9-24(18-33-28)29(38)27-20-35-30-26(27)17-25(19-34-30)41-16-13-36-11-14-40-15-12-36/h5-10,17-20,29,38H,11-16,21H2,1-4H3,(H,34,35). The van der Waals surface area contributed by atoms with Gasteiger partial charge in [-0.3, -0.25) is 9.80 Å². The molecule has 10 nitrogen and oxygen atoms in total. The minimum Gasteiger partial charge on any atom is -0.491 e. The number of hydrogen-bond acceptors (Lipinski definition) is 8. The Balaban J connectivity index is 1.32. The lowest BCUT2D eigenvalue weighted by atomic mass is 10.0. The Bertz CT molecular complexity index is 1470. The zero-order chi connectivity index (χ0) is 29.7. The van der Waals surface area contributed by atoms with Gasteiger partial charge in [0.25, 0.3) is 0 Å². The van der Waals surface area contributed by atoms with E-state index >= 15 is 0 Å². The van der Waals surface area contributed by atoms with E-state index in [4.69, 9.17) is 14.2 Å². The van der Waals surface area contributed by atoms with Gasteiger partial charge in [0.1, 0.15) is 35.5 Å². The third kappa shape index (κ3) is 7.44. The molecule has 1 atom stereocenters. The van der Waals surface area contributed by atoms with Gasteiger partial charge in [-0.05, 0) is 45.4 Å². The summed E-state index contributed by atoms with van der Waals surface area (Å²) in [6.07, 6.45) is 3.56. The predicted molar refractivity (Wildman–Crippen MR) is 161 cm³/mol. The molecule has 0 spiro atoms. The van der Waals surface area contributed by atoms with E-state index in [0.29, 0.717) is 41.5 Å². The maximum atomic E-state index is 13.2. The van der Waals surface area contributed by atoms with Crippen molar-refractivity contribution in [3.05, 3.63) is 83.3 Å². The molecule has 1 aliphatic rings. The topological polar surface area (TPSA) is 113 Å². The highest BCUT2D eigenvalue weighted by Gasteiger charge is 2.25. The number of aromatic nitrogens is 3. The van der Waals surface area contributed by atoms with Gasteiger partial charge in [0.15, 0.2) is 0 Å². The molecule has 2 N–H and O–H groups in total. The number of aromatic amines is 1. The van der Waals surface area contributed by atoms with Crippen LogP contribution in [0.15, 0.2) is 61.1 Å². The second-order valence-corrected chi connectivity index (χ2v) is 11.5. The average molecular weight is 574 g/mol. The minimum atomic E-state index is -0.960. The van der Waals surface area contributed by atoms with Crippen LogP contribution in [0.2, 0.25) is 0 Å². The molecule has 1 fully saturated rings. The third-order valence-electron chi connectivity index (χ3n) is 7.05. The normalized spacial score (nSPS) is 15.0. The summed E-state index contributed by atoms with van der Waals surface area (Å²) in [4.78, 5) is 29.1. The largest absolute Gasteiger partial charge is 0.491 e. The summed E-state index contributed by atoms with van der Waals surface area (Å²) in [5.74, 6) is 1.07. The highest BCUT2D eigenvalue weighted by atomic mass is 16.6. The van der Waals surface area contributed by atoms with Gasteiger partial charge in [0.05, 0.1) is 26.0 Å². The van der Waals surface area contributed by atoms with Gasteiger partial charge in [-0.1, -0.05) is 35.9 Å². The van der Waals surface area contributed by atoms with Gasteiger partial charge >= 0.3 is 6.09 Å². The van der Waals surface area contributed by atoms with E-state index in [0.717, 1.165) is 49.4 Å². The predicted octanol–water partition coefficient (Wildman–Crippen LogP) is 5.00. The summed E-state index contributed by atoms with van der Waals surface area (Å²) in [5.41, 5.74) is 3.33. The number of hydrogen-bond donors (Lipinski definition) is 2. The van der Waals surface area contributed by atoms with Crippen molar-refractivity contribution in [2.45, 2.75) is 45.9 Å². The van der Waals surface area contributed by atoms with Crippen LogP contribution in [0.5, 0.6) is 5.75 Å². The fraction of sp³-hybridized carbons (Fsp3) is 0.406. The zero-order valence-corrected chi connectivity index (χ0v) is 24.7. The van der Waals surface area contributed by atoms with Gasteiger partial charge in [-0.2, -0.15) is 0 Å². The molecule has 10 heteroatoms. The van der Waals surface area contributed by atoms with Gasteiger partial charge in [-0.25, -0.2) is 14.8 Å². The molecule has 0 saturated carbocycles. The number of carbonyl (C=O) groups excluding carboxylic acids is 1. The van der Waals surface area contributed by atoms with Crippen molar-refractivity contribution in [3.63, 3.8) is 0 Å². The van der Waals surface area contributed by atoms with E-state index in [2.05, 4.69) is 19.9 Å². The van der Waals surface area contributed by atoms with Crippen molar-refractivity contribution in [3.8, 4) is 5.75 Å². The van der Waals surface area contributed by atoms with Crippen molar-refractivity contribution in [2.75, 3.05) is 44.4 Å². The summed E-state index contributed by atoms with van der Waals surface area (Å²) in [6, 6.07) is 13.4. The molecule has 1 unspecified atom stereocenters. The first-order valence-electron chi connectivity index (χ1n) is 14.3. The smallest absolute Gasteiger partial charge is 0.416 e. The molecule has 4 aromatic rings. The molecular weight excluding hydrogens is 534 g/mol. The van der Waals surface area contributed by atoms with Crippen LogP contribution in [0, 0.1) is 6.92 Å². The van der Waals surface area contributed by atoms with E-state index in [9.17, 15) is 9.90 Å². The summed E-state index contributed by atoms with van der Waals surface area (Å²) in [7, 11) is 0. The van der Waals surface area contributed by atoms with E-state index in [1.54, 1.807) is 30.7 Å². The van der Waals surface area contributed by atoms with Crippen molar-refractivity contribution in [1.29, 1.82) is 0 Å². The van der Waals surface area contributed by atoms with Crippen LogP contribution >= 0.6 is 0 Å². The number of aryl methyl sites for hydroxylation is 1. The molecule has 0 aliphatic carbocycles. The Morgan fingerprint density at radius 1 is 1.12 bits per heavy atom. The number of nitrogens with zero attached hydrogens (tertiary/aromatic N) is 4. The molecule has 1 saturated heterocycles. The molecule has 222 valence electrons. The highest BCUT2D eigenvalue weighted by Crippen LogP contribution is 2.31. The summed E-state index contributed by atoms with van der Waals surface area (Å²) < 4.78 is 17.1. The van der Waals surface area contributed by atoms with E-state index in [1.165, 1.54) is 4.90 Å². The van der Waals surface area contributed by atoms with Gasteiger partial charge in [0.2, 0.25) is 0 Å². The number of amides is 1. The lowest BCUT2D eigenvalue weighted by molar-refractivity contribution is 0.0322. The number of anilines is 1. The van der Waals surface area contributed by atoms with E-state index < -0.39 is 17.8 Å². The van der Waals surface area contributed by atoms with Crippen molar-refractivity contribution < 1.29 is 24.1 Å². The van der Waals surface area contributed by atoms with Crippen LogP contribution in [0.1, 0.15) is 49.1 Å². The second kappa shape index (κ2) is 12.9. The number of benzene rings is 1. The Morgan fingerprint density at radius 3 is 2.57 bits per heavy atom. The zero-order valence-electron chi connectivity index (χ0n) is 24.7. The maximum absolute atomic E-state index is 13.2. The average Bonchev–Trinajstić information content (AvgIpc) is 3.39. The van der Waals surface area contributed by atoms with Crippen LogP contribution in [-0.4, -0.2) is 76.1 Å². The molecule has 3 aromatic heterocycles. The molecule has 4 heterocycles. The van der Waals surface area contributed by atoms with Crippen LogP contribution in [-0.2, 0) is 16.0 Å². The van der Waals surface area contributed by atoms with Crippen molar-refractivity contribution in [1.82, 2.24) is 19.9 Å². The van der Waals surface area contributed by atoms with Gasteiger partial charge < -0.3 is 24.3 Å². The number of pyridine rings is 2. The Kier molecular flexibility index (Phi) is 9.06. The molecule has 42 heavy (non-hydrogen) atoms. The van der Waals surface area contributed by atoms with Crippen LogP contribution in [0.25, 0.3) is 11.0 Å². The van der Waals surface area contributed by atoms with Crippen LogP contribution in [0.4, 0.5) is 10.6 Å². The van der Waals surface area contributed by atoms with Crippen LogP contribution in [0.3, 0.4) is 0 Å². The maximum Gasteiger partial charge on any atom is 0.416 e. The quantitative estimate of drug-likeness (QED) is 0.288. The lowest BCUT2D eigenvalue weighted by Gasteiger charge is -2.27. The van der Waals surface area contributed by atoms with Crippen molar-refractivity contribution >= 4 is 22.9 Å². The number of carbonyl (C=O) groups is 1. The molecule has 1 amide bonds. The molecule has 0 radical (unpaired) electrons. The SMILES string of the molecule is Cc1ccc(CN(C(=O)OC(C)(C)C)c2ccc(C(O)c3c[nH]c4ncc(OCCN5CCOCC5)cc34)cn2)cc1. The number of morpholine rings is 1. The first-order valence-corrected chi connectivity index (χ1v) is 14.3. The van der Waals surface area contributed by atoms with E-state index in [1.807, 2.05) is 58.0 Å². The molecule has 1 aliphatic heterocycles. The number of fused-ring (bicyclic) bond motifs is 1. The Morgan fingerprint density at radius 2 is 1.88 bits per heavy atom.